The van der Waals surface area contributed by atoms with Crippen molar-refractivity contribution in [1.82, 2.24) is 0 Å². The molecule has 0 spiro atoms. The number of hydrogen-bond acceptors (Lipinski definition) is 3. The molecule has 18 heavy (non-hydrogen) atoms. The van der Waals surface area contributed by atoms with Crippen molar-refractivity contribution >= 4 is 23.2 Å². The second kappa shape index (κ2) is 6.56. The Bertz CT molecular complexity index is 457. The van der Waals surface area contributed by atoms with Crippen LogP contribution in [0.1, 0.15) is 13.3 Å². The van der Waals surface area contributed by atoms with E-state index >= 15 is 0 Å². The highest BCUT2D eigenvalue weighted by Gasteiger charge is 2.11. The fourth-order valence-electron chi connectivity index (χ4n) is 1.40. The maximum absolute atomic E-state index is 11.7. The number of anilines is 2. The van der Waals surface area contributed by atoms with Gasteiger partial charge in [0, 0.05) is 18.3 Å². The minimum Gasteiger partial charge on any atom is -0.326 e. The lowest BCUT2D eigenvalue weighted by Crippen LogP contribution is -2.35. The van der Waals surface area contributed by atoms with Crippen LogP contribution in [-0.4, -0.2) is 17.9 Å². The predicted molar refractivity (Wildman–Crippen MR) is 72.2 cm³/mol. The van der Waals surface area contributed by atoms with Crippen LogP contribution in [0.5, 0.6) is 0 Å². The predicted octanol–water partition coefficient (Wildman–Crippen LogP) is 1.49. The molecule has 4 N–H and O–H groups in total. The Balaban J connectivity index is 2.69. The van der Waals surface area contributed by atoms with E-state index in [4.69, 9.17) is 5.73 Å². The summed E-state index contributed by atoms with van der Waals surface area (Å²) in [7, 11) is 0. The number of carbonyl (C=O) groups excluding carboxylic acids is 2. The number of hydrogen-bond donors (Lipinski definition) is 3. The summed E-state index contributed by atoms with van der Waals surface area (Å²) in [5.41, 5.74) is 6.85. The summed E-state index contributed by atoms with van der Waals surface area (Å²) >= 11 is 0. The van der Waals surface area contributed by atoms with Crippen molar-refractivity contribution in [2.24, 2.45) is 5.73 Å². The minimum absolute atomic E-state index is 0.165. The first-order valence-corrected chi connectivity index (χ1v) is 5.58. The Morgan fingerprint density at radius 3 is 2.56 bits per heavy atom. The zero-order valence-corrected chi connectivity index (χ0v) is 10.3. The van der Waals surface area contributed by atoms with E-state index in [0.29, 0.717) is 17.8 Å². The lowest BCUT2D eigenvalue weighted by molar-refractivity contribution is -0.117. The van der Waals surface area contributed by atoms with Gasteiger partial charge in [-0.25, -0.2) is 0 Å². The molecule has 0 saturated heterocycles. The number of benzene rings is 1. The largest absolute Gasteiger partial charge is 0.326 e. The normalized spacial score (nSPS) is 11.4. The molecule has 0 aliphatic rings. The third-order valence-electron chi connectivity index (χ3n) is 2.21. The van der Waals surface area contributed by atoms with Crippen molar-refractivity contribution in [2.75, 3.05) is 10.6 Å². The average molecular weight is 247 g/mol. The van der Waals surface area contributed by atoms with Crippen molar-refractivity contribution in [1.29, 1.82) is 0 Å². The van der Waals surface area contributed by atoms with E-state index in [-0.39, 0.29) is 11.8 Å². The summed E-state index contributed by atoms with van der Waals surface area (Å²) in [6, 6.07) is 6.25. The fraction of sp³-hybridized carbons (Fsp3) is 0.231. The molecule has 5 nitrogen and oxygen atoms in total. The molecule has 96 valence electrons. The van der Waals surface area contributed by atoms with Gasteiger partial charge in [0.2, 0.25) is 11.8 Å². The quantitative estimate of drug-likeness (QED) is 0.689. The number of nitrogens with one attached hydrogen (secondary N) is 2. The van der Waals surface area contributed by atoms with Gasteiger partial charge in [0.25, 0.3) is 0 Å². The number of rotatable bonds is 5. The Morgan fingerprint density at radius 2 is 2.00 bits per heavy atom. The van der Waals surface area contributed by atoms with Gasteiger partial charge >= 0.3 is 0 Å². The SMILES string of the molecule is C=CCC(N)C(=O)Nc1cccc(NC(C)=O)c1. The van der Waals surface area contributed by atoms with Crippen LogP contribution in [-0.2, 0) is 9.59 Å². The second-order valence-corrected chi connectivity index (χ2v) is 3.88. The highest BCUT2D eigenvalue weighted by Crippen LogP contribution is 2.15. The van der Waals surface area contributed by atoms with Gasteiger partial charge < -0.3 is 16.4 Å². The van der Waals surface area contributed by atoms with Gasteiger partial charge in [-0.3, -0.25) is 9.59 Å². The smallest absolute Gasteiger partial charge is 0.241 e. The molecule has 0 saturated carbocycles. The Morgan fingerprint density at radius 1 is 1.39 bits per heavy atom. The molecule has 1 unspecified atom stereocenters. The van der Waals surface area contributed by atoms with Crippen molar-refractivity contribution in [2.45, 2.75) is 19.4 Å². The minimum atomic E-state index is -0.619. The molecule has 0 bridgehead atoms. The van der Waals surface area contributed by atoms with E-state index in [0.717, 1.165) is 0 Å². The number of carbonyl (C=O) groups is 2. The summed E-state index contributed by atoms with van der Waals surface area (Å²) < 4.78 is 0. The number of amides is 2. The van der Waals surface area contributed by atoms with Crippen LogP contribution in [0.3, 0.4) is 0 Å². The Hall–Kier alpha value is -2.14. The summed E-state index contributed by atoms with van der Waals surface area (Å²) in [6.45, 7) is 4.95. The lowest BCUT2D eigenvalue weighted by Gasteiger charge is -2.11. The van der Waals surface area contributed by atoms with E-state index in [9.17, 15) is 9.59 Å². The first-order chi connectivity index (χ1) is 8.52. The molecule has 0 aliphatic heterocycles. The first kappa shape index (κ1) is 13.9. The molecule has 1 aromatic rings. The molecule has 1 rings (SSSR count). The Kier molecular flexibility index (Phi) is 5.07. The maximum Gasteiger partial charge on any atom is 0.241 e. The van der Waals surface area contributed by atoms with E-state index < -0.39 is 6.04 Å². The van der Waals surface area contributed by atoms with Gasteiger partial charge in [-0.2, -0.15) is 0 Å². The Labute approximate surface area is 106 Å². The van der Waals surface area contributed by atoms with Gasteiger partial charge in [-0.1, -0.05) is 12.1 Å². The zero-order valence-electron chi connectivity index (χ0n) is 10.3. The second-order valence-electron chi connectivity index (χ2n) is 3.88. The summed E-state index contributed by atoms with van der Waals surface area (Å²) in [6.07, 6.45) is 2.01. The maximum atomic E-state index is 11.7. The molecule has 0 fully saturated rings. The summed E-state index contributed by atoms with van der Waals surface area (Å²) in [5, 5.41) is 5.31. The van der Waals surface area contributed by atoms with Crippen molar-refractivity contribution in [3.8, 4) is 0 Å². The van der Waals surface area contributed by atoms with E-state index in [1.54, 1.807) is 30.3 Å². The highest BCUT2D eigenvalue weighted by molar-refractivity contribution is 5.96. The van der Waals surface area contributed by atoms with Crippen LogP contribution < -0.4 is 16.4 Å². The first-order valence-electron chi connectivity index (χ1n) is 5.58. The standard InChI is InChI=1S/C13H17N3O2/c1-3-5-12(14)13(18)16-11-7-4-6-10(8-11)15-9(2)17/h3-4,6-8,12H,1,5,14H2,2H3,(H,15,17)(H,16,18). The molecule has 2 amide bonds. The van der Waals surface area contributed by atoms with Gasteiger partial charge in [-0.05, 0) is 24.6 Å². The lowest BCUT2D eigenvalue weighted by atomic mass is 10.2. The average Bonchev–Trinajstić information content (AvgIpc) is 2.28. The van der Waals surface area contributed by atoms with Crippen molar-refractivity contribution < 1.29 is 9.59 Å². The third kappa shape index (κ3) is 4.39. The van der Waals surface area contributed by atoms with Gasteiger partial charge in [0.15, 0.2) is 0 Å². The molecule has 0 heterocycles. The van der Waals surface area contributed by atoms with Gasteiger partial charge in [-0.15, -0.1) is 6.58 Å². The molecule has 5 heteroatoms. The molecular weight excluding hydrogens is 230 g/mol. The van der Waals surface area contributed by atoms with Crippen LogP contribution in [0.25, 0.3) is 0 Å². The third-order valence-corrected chi connectivity index (χ3v) is 2.21. The fourth-order valence-corrected chi connectivity index (χ4v) is 1.40. The summed E-state index contributed by atoms with van der Waals surface area (Å²) in [5.74, 6) is -0.447. The molecular formula is C13H17N3O2. The number of nitrogens with two attached hydrogens (primary N) is 1. The van der Waals surface area contributed by atoms with Crippen LogP contribution in [0.4, 0.5) is 11.4 Å². The zero-order chi connectivity index (χ0) is 13.5. The topological polar surface area (TPSA) is 84.2 Å². The van der Waals surface area contributed by atoms with E-state index in [2.05, 4.69) is 17.2 Å². The van der Waals surface area contributed by atoms with E-state index in [1.807, 2.05) is 0 Å². The molecule has 0 radical (unpaired) electrons. The summed E-state index contributed by atoms with van der Waals surface area (Å²) in [4.78, 5) is 22.6. The highest BCUT2D eigenvalue weighted by atomic mass is 16.2. The van der Waals surface area contributed by atoms with Crippen molar-refractivity contribution in [3.05, 3.63) is 36.9 Å². The van der Waals surface area contributed by atoms with Crippen molar-refractivity contribution in [3.63, 3.8) is 0 Å². The van der Waals surface area contributed by atoms with Crippen LogP contribution in [0.2, 0.25) is 0 Å². The van der Waals surface area contributed by atoms with Crippen LogP contribution in [0, 0.1) is 0 Å². The van der Waals surface area contributed by atoms with Crippen LogP contribution >= 0.6 is 0 Å². The van der Waals surface area contributed by atoms with Gasteiger partial charge in [0.1, 0.15) is 0 Å². The molecule has 0 aliphatic carbocycles. The van der Waals surface area contributed by atoms with Gasteiger partial charge in [0.05, 0.1) is 6.04 Å². The molecule has 1 atom stereocenters. The van der Waals surface area contributed by atoms with Crippen LogP contribution in [0.15, 0.2) is 36.9 Å². The van der Waals surface area contributed by atoms with E-state index in [1.165, 1.54) is 6.92 Å². The molecule has 0 aromatic heterocycles. The monoisotopic (exact) mass is 247 g/mol. The molecule has 1 aromatic carbocycles.